The Hall–Kier alpha value is -2.99. The van der Waals surface area contributed by atoms with Crippen molar-refractivity contribution in [2.24, 2.45) is 0 Å². The van der Waals surface area contributed by atoms with Gasteiger partial charge in [-0.25, -0.2) is 5.10 Å². The van der Waals surface area contributed by atoms with E-state index in [9.17, 15) is 4.79 Å². The largest absolute Gasteiger partial charge is 0.493 e. The Bertz CT molecular complexity index is 975. The van der Waals surface area contributed by atoms with Crippen LogP contribution < -0.4 is 19.8 Å². The molecule has 0 radical (unpaired) electrons. The second kappa shape index (κ2) is 8.14. The molecule has 1 N–H and O–H groups in total. The van der Waals surface area contributed by atoms with Crippen molar-refractivity contribution in [1.29, 1.82) is 0 Å². The van der Waals surface area contributed by atoms with Crippen molar-refractivity contribution in [2.75, 3.05) is 21.3 Å². The summed E-state index contributed by atoms with van der Waals surface area (Å²) in [6.45, 7) is 0. The zero-order valence-electron chi connectivity index (χ0n) is 15.2. The fraction of sp³-hybridized carbons (Fsp3) is 0.200. The van der Waals surface area contributed by atoms with Gasteiger partial charge in [0.15, 0.2) is 11.5 Å². The zero-order chi connectivity index (χ0) is 19.4. The third-order valence-corrected chi connectivity index (χ3v) is 4.39. The van der Waals surface area contributed by atoms with Gasteiger partial charge in [-0.1, -0.05) is 23.7 Å². The van der Waals surface area contributed by atoms with Crippen LogP contribution >= 0.6 is 11.6 Å². The smallest absolute Gasteiger partial charge is 0.267 e. The van der Waals surface area contributed by atoms with Crippen LogP contribution in [-0.4, -0.2) is 31.5 Å². The summed E-state index contributed by atoms with van der Waals surface area (Å²) in [4.78, 5) is 12.3. The van der Waals surface area contributed by atoms with Gasteiger partial charge in [-0.3, -0.25) is 4.79 Å². The molecule has 0 spiro atoms. The number of halogens is 1. The van der Waals surface area contributed by atoms with Crippen LogP contribution in [0.1, 0.15) is 11.1 Å². The molecule has 2 aromatic carbocycles. The van der Waals surface area contributed by atoms with Crippen molar-refractivity contribution in [3.8, 4) is 28.5 Å². The second-order valence-corrected chi connectivity index (χ2v) is 6.26. The van der Waals surface area contributed by atoms with E-state index in [1.165, 1.54) is 0 Å². The van der Waals surface area contributed by atoms with Crippen LogP contribution in [0.4, 0.5) is 0 Å². The number of nitrogens with one attached hydrogen (secondary N) is 1. The number of nitrogens with zero attached hydrogens (tertiary/aromatic N) is 1. The van der Waals surface area contributed by atoms with Gasteiger partial charge < -0.3 is 14.2 Å². The Kier molecular flexibility index (Phi) is 5.66. The molecule has 0 aliphatic rings. The highest BCUT2D eigenvalue weighted by atomic mass is 35.5. The van der Waals surface area contributed by atoms with E-state index in [1.54, 1.807) is 39.5 Å². The predicted molar refractivity (Wildman–Crippen MR) is 104 cm³/mol. The van der Waals surface area contributed by atoms with Crippen molar-refractivity contribution < 1.29 is 14.2 Å². The quantitative estimate of drug-likeness (QED) is 0.699. The van der Waals surface area contributed by atoms with Crippen LogP contribution in [-0.2, 0) is 6.42 Å². The number of aromatic nitrogens is 2. The van der Waals surface area contributed by atoms with Gasteiger partial charge in [0.1, 0.15) is 0 Å². The number of rotatable bonds is 6. The molecule has 1 heterocycles. The van der Waals surface area contributed by atoms with E-state index in [2.05, 4.69) is 10.2 Å². The highest BCUT2D eigenvalue weighted by Gasteiger charge is 2.15. The molecule has 7 heteroatoms. The molecule has 0 amide bonds. The molecule has 0 fully saturated rings. The van der Waals surface area contributed by atoms with E-state index < -0.39 is 0 Å². The SMILES string of the molecule is COc1cc(Cc2cc(-c3ccc(Cl)cc3)n[nH]c2=O)cc(OC)c1OC. The minimum Gasteiger partial charge on any atom is -0.493 e. The summed E-state index contributed by atoms with van der Waals surface area (Å²) in [6, 6.07) is 12.7. The average molecular weight is 387 g/mol. The van der Waals surface area contributed by atoms with Gasteiger partial charge in [-0.05, 0) is 35.9 Å². The summed E-state index contributed by atoms with van der Waals surface area (Å²) in [7, 11) is 4.66. The Morgan fingerprint density at radius 2 is 1.59 bits per heavy atom. The standard InChI is InChI=1S/C20H19ClN2O4/c1-25-17-9-12(10-18(26-2)19(17)27-3)8-14-11-16(22-23-20(14)24)13-4-6-15(21)7-5-13/h4-7,9-11H,8H2,1-3H3,(H,23,24). The molecule has 0 aliphatic heterocycles. The van der Waals surface area contributed by atoms with Crippen LogP contribution in [0.5, 0.6) is 17.2 Å². The first-order chi connectivity index (χ1) is 13.0. The van der Waals surface area contributed by atoms with Crippen LogP contribution in [0.3, 0.4) is 0 Å². The minimum absolute atomic E-state index is 0.249. The molecule has 140 valence electrons. The minimum atomic E-state index is -0.249. The molecule has 0 saturated carbocycles. The summed E-state index contributed by atoms with van der Waals surface area (Å²) >= 11 is 5.93. The fourth-order valence-corrected chi connectivity index (χ4v) is 2.93. The maximum absolute atomic E-state index is 12.3. The Morgan fingerprint density at radius 1 is 0.963 bits per heavy atom. The topological polar surface area (TPSA) is 73.4 Å². The molecule has 0 atom stereocenters. The molecule has 3 rings (SSSR count). The molecule has 0 aliphatic carbocycles. The lowest BCUT2D eigenvalue weighted by Gasteiger charge is -2.14. The number of hydrogen-bond donors (Lipinski definition) is 1. The molecule has 3 aromatic rings. The van der Waals surface area contributed by atoms with Crippen molar-refractivity contribution in [3.63, 3.8) is 0 Å². The number of H-pyrrole nitrogens is 1. The zero-order valence-corrected chi connectivity index (χ0v) is 16.0. The first-order valence-corrected chi connectivity index (χ1v) is 8.57. The fourth-order valence-electron chi connectivity index (χ4n) is 2.80. The molecular formula is C20H19ClN2O4. The van der Waals surface area contributed by atoms with Crippen molar-refractivity contribution >= 4 is 11.6 Å². The number of methoxy groups -OCH3 is 3. The predicted octanol–water partition coefficient (Wildman–Crippen LogP) is 3.71. The van der Waals surface area contributed by atoms with Crippen LogP contribution in [0.15, 0.2) is 47.3 Å². The molecule has 0 unspecified atom stereocenters. The van der Waals surface area contributed by atoms with Crippen LogP contribution in [0.2, 0.25) is 5.02 Å². The van der Waals surface area contributed by atoms with Crippen LogP contribution in [0.25, 0.3) is 11.3 Å². The van der Waals surface area contributed by atoms with Gasteiger partial charge >= 0.3 is 0 Å². The van der Waals surface area contributed by atoms with Crippen molar-refractivity contribution in [1.82, 2.24) is 10.2 Å². The normalized spacial score (nSPS) is 10.5. The van der Waals surface area contributed by atoms with Crippen molar-refractivity contribution in [3.05, 3.63) is 69.0 Å². The number of hydrogen-bond acceptors (Lipinski definition) is 5. The van der Waals surface area contributed by atoms with E-state index in [0.717, 1.165) is 11.1 Å². The first kappa shape index (κ1) is 18.8. The first-order valence-electron chi connectivity index (χ1n) is 8.19. The third kappa shape index (κ3) is 4.06. The lowest BCUT2D eigenvalue weighted by Crippen LogP contribution is -2.15. The van der Waals surface area contributed by atoms with E-state index in [4.69, 9.17) is 25.8 Å². The summed E-state index contributed by atoms with van der Waals surface area (Å²) in [6.07, 6.45) is 0.384. The molecule has 1 aromatic heterocycles. The number of ether oxygens (including phenoxy) is 3. The lowest BCUT2D eigenvalue weighted by atomic mass is 10.0. The van der Waals surface area contributed by atoms with Gasteiger partial charge in [0.2, 0.25) is 5.75 Å². The van der Waals surface area contributed by atoms with Crippen LogP contribution in [0, 0.1) is 0 Å². The Balaban J connectivity index is 1.99. The third-order valence-electron chi connectivity index (χ3n) is 4.14. The lowest BCUT2D eigenvalue weighted by molar-refractivity contribution is 0.324. The van der Waals surface area contributed by atoms with Gasteiger partial charge in [0.05, 0.1) is 27.0 Å². The molecule has 27 heavy (non-hydrogen) atoms. The summed E-state index contributed by atoms with van der Waals surface area (Å²) < 4.78 is 16.1. The highest BCUT2D eigenvalue weighted by molar-refractivity contribution is 6.30. The molecule has 0 bridgehead atoms. The van der Waals surface area contributed by atoms with Gasteiger partial charge in [-0.2, -0.15) is 5.10 Å². The van der Waals surface area contributed by atoms with E-state index in [-0.39, 0.29) is 5.56 Å². The van der Waals surface area contributed by atoms with Gasteiger partial charge in [-0.15, -0.1) is 0 Å². The maximum atomic E-state index is 12.3. The maximum Gasteiger partial charge on any atom is 0.267 e. The van der Waals surface area contributed by atoms with E-state index in [1.807, 2.05) is 24.3 Å². The summed E-state index contributed by atoms with van der Waals surface area (Å²) in [5.41, 5.74) is 2.70. The number of benzene rings is 2. The molecule has 6 nitrogen and oxygen atoms in total. The Labute approximate surface area is 161 Å². The molecule has 0 saturated heterocycles. The molecular weight excluding hydrogens is 368 g/mol. The van der Waals surface area contributed by atoms with Gasteiger partial charge in [0, 0.05) is 22.6 Å². The summed E-state index contributed by atoms with van der Waals surface area (Å²) in [5.74, 6) is 1.58. The Morgan fingerprint density at radius 3 is 2.15 bits per heavy atom. The summed E-state index contributed by atoms with van der Waals surface area (Å²) in [5, 5.41) is 7.32. The van der Waals surface area contributed by atoms with Gasteiger partial charge in [0.25, 0.3) is 5.56 Å². The highest BCUT2D eigenvalue weighted by Crippen LogP contribution is 2.38. The second-order valence-electron chi connectivity index (χ2n) is 5.82. The number of aromatic amines is 1. The van der Waals surface area contributed by atoms with E-state index in [0.29, 0.717) is 39.9 Å². The monoisotopic (exact) mass is 386 g/mol. The van der Waals surface area contributed by atoms with E-state index >= 15 is 0 Å². The average Bonchev–Trinajstić information content (AvgIpc) is 2.69. The van der Waals surface area contributed by atoms with Crippen molar-refractivity contribution in [2.45, 2.75) is 6.42 Å².